The van der Waals surface area contributed by atoms with Gasteiger partial charge < -0.3 is 4.74 Å². The van der Waals surface area contributed by atoms with E-state index in [1.54, 1.807) is 13.8 Å². The molecule has 0 bridgehead atoms. The average molecular weight is 292 g/mol. The minimum absolute atomic E-state index is 0.202. The molecule has 0 radical (unpaired) electrons. The maximum atomic E-state index is 11.5. The van der Waals surface area contributed by atoms with Gasteiger partial charge in [0, 0.05) is 5.69 Å². The summed E-state index contributed by atoms with van der Waals surface area (Å²) < 4.78 is 29.7. The molecule has 7 heteroatoms. The molecule has 0 heterocycles. The van der Waals surface area contributed by atoms with Crippen LogP contribution >= 0.6 is 11.6 Å². The van der Waals surface area contributed by atoms with Gasteiger partial charge in [-0.3, -0.25) is 4.72 Å². The van der Waals surface area contributed by atoms with Crippen molar-refractivity contribution in [1.82, 2.24) is 0 Å². The van der Waals surface area contributed by atoms with E-state index in [0.717, 1.165) is 0 Å². The fourth-order valence-electron chi connectivity index (χ4n) is 1.16. The number of alkyl halides is 1. The Morgan fingerprint density at radius 1 is 1.33 bits per heavy atom. The first kappa shape index (κ1) is 14.8. The molecule has 0 atom stereocenters. The van der Waals surface area contributed by atoms with Crippen LogP contribution in [0.1, 0.15) is 24.2 Å². The number of nitrogens with one attached hydrogen (secondary N) is 1. The monoisotopic (exact) mass is 291 g/mol. The third kappa shape index (κ3) is 4.54. The molecule has 0 saturated carbocycles. The summed E-state index contributed by atoms with van der Waals surface area (Å²) in [6, 6.07) is 5.91. The lowest BCUT2D eigenvalue weighted by Crippen LogP contribution is -2.14. The van der Waals surface area contributed by atoms with Crippen LogP contribution in [-0.4, -0.2) is 25.7 Å². The number of rotatable bonds is 5. The van der Waals surface area contributed by atoms with Crippen molar-refractivity contribution in [3.05, 3.63) is 29.8 Å². The molecule has 1 aromatic carbocycles. The van der Waals surface area contributed by atoms with E-state index in [-0.39, 0.29) is 6.10 Å². The van der Waals surface area contributed by atoms with Crippen molar-refractivity contribution < 1.29 is 17.9 Å². The van der Waals surface area contributed by atoms with Crippen LogP contribution in [0.15, 0.2) is 24.3 Å². The van der Waals surface area contributed by atoms with Crippen molar-refractivity contribution >= 4 is 33.3 Å². The summed E-state index contributed by atoms with van der Waals surface area (Å²) in [6.45, 7) is 3.50. The summed E-state index contributed by atoms with van der Waals surface area (Å²) in [4.78, 5) is 11.5. The molecule has 18 heavy (non-hydrogen) atoms. The zero-order valence-corrected chi connectivity index (χ0v) is 11.6. The number of hydrogen-bond donors (Lipinski definition) is 1. The fraction of sp³-hybridized carbons (Fsp3) is 0.364. The van der Waals surface area contributed by atoms with Gasteiger partial charge in [0.1, 0.15) is 5.21 Å². The van der Waals surface area contributed by atoms with Gasteiger partial charge in [-0.2, -0.15) is 0 Å². The second kappa shape index (κ2) is 6.06. The van der Waals surface area contributed by atoms with Crippen molar-refractivity contribution in [2.75, 3.05) is 9.93 Å². The molecular weight excluding hydrogens is 278 g/mol. The van der Waals surface area contributed by atoms with Crippen LogP contribution in [0.5, 0.6) is 0 Å². The third-order valence-electron chi connectivity index (χ3n) is 1.88. The maximum Gasteiger partial charge on any atom is 0.338 e. The molecule has 0 aromatic heterocycles. The molecular formula is C11H14ClNO4S. The van der Waals surface area contributed by atoms with Crippen molar-refractivity contribution in [2.24, 2.45) is 0 Å². The molecule has 5 nitrogen and oxygen atoms in total. The lowest BCUT2D eigenvalue weighted by atomic mass is 10.2. The number of benzene rings is 1. The smallest absolute Gasteiger partial charge is 0.338 e. The normalized spacial score (nSPS) is 11.3. The second-order valence-corrected chi connectivity index (χ2v) is 6.16. The Labute approximate surface area is 111 Å². The lowest BCUT2D eigenvalue weighted by Gasteiger charge is -2.09. The summed E-state index contributed by atoms with van der Waals surface area (Å²) in [5.74, 6) is -0.447. The van der Waals surface area contributed by atoms with E-state index in [1.165, 1.54) is 24.3 Å². The topological polar surface area (TPSA) is 72.5 Å². The number of carbonyl (C=O) groups excluding carboxylic acids is 1. The first-order chi connectivity index (χ1) is 8.34. The Morgan fingerprint density at radius 2 is 1.89 bits per heavy atom. The highest BCUT2D eigenvalue weighted by molar-refractivity contribution is 7.93. The van der Waals surface area contributed by atoms with Gasteiger partial charge in [0.05, 0.1) is 11.7 Å². The van der Waals surface area contributed by atoms with Gasteiger partial charge in [-0.05, 0) is 38.1 Å². The summed E-state index contributed by atoms with van der Waals surface area (Å²) in [7, 11) is -3.53. The zero-order valence-electron chi connectivity index (χ0n) is 10.0. The Balaban J connectivity index is 2.77. The Bertz CT molecular complexity index is 510. The molecule has 1 N–H and O–H groups in total. The fourth-order valence-corrected chi connectivity index (χ4v) is 1.88. The van der Waals surface area contributed by atoms with Crippen LogP contribution in [-0.2, 0) is 14.8 Å². The summed E-state index contributed by atoms with van der Waals surface area (Å²) in [5.41, 5.74) is 0.703. The van der Waals surface area contributed by atoms with Crippen molar-refractivity contribution in [1.29, 1.82) is 0 Å². The molecule has 0 aliphatic rings. The van der Waals surface area contributed by atoms with Gasteiger partial charge in [0.15, 0.2) is 0 Å². The van der Waals surface area contributed by atoms with E-state index in [1.807, 2.05) is 0 Å². The van der Waals surface area contributed by atoms with E-state index in [0.29, 0.717) is 11.3 Å². The average Bonchev–Trinajstić information content (AvgIpc) is 2.28. The maximum absolute atomic E-state index is 11.5. The number of sulfonamides is 1. The number of hydrogen-bond acceptors (Lipinski definition) is 4. The van der Waals surface area contributed by atoms with Crippen molar-refractivity contribution in [2.45, 2.75) is 20.0 Å². The Morgan fingerprint density at radius 3 is 2.33 bits per heavy atom. The molecule has 100 valence electrons. The lowest BCUT2D eigenvalue weighted by molar-refractivity contribution is 0.0378. The van der Waals surface area contributed by atoms with E-state index in [2.05, 4.69) is 4.72 Å². The van der Waals surface area contributed by atoms with Gasteiger partial charge in [-0.25, -0.2) is 13.2 Å². The van der Waals surface area contributed by atoms with E-state index < -0.39 is 21.2 Å². The van der Waals surface area contributed by atoms with E-state index in [4.69, 9.17) is 16.3 Å². The third-order valence-corrected chi connectivity index (χ3v) is 3.58. The van der Waals surface area contributed by atoms with Gasteiger partial charge in [0.25, 0.3) is 0 Å². The molecule has 0 spiro atoms. The Hall–Kier alpha value is -1.27. The first-order valence-corrected chi connectivity index (χ1v) is 7.40. The number of anilines is 1. The van der Waals surface area contributed by atoms with Gasteiger partial charge in [-0.15, -0.1) is 11.6 Å². The molecule has 0 unspecified atom stereocenters. The summed E-state index contributed by atoms with van der Waals surface area (Å²) in [6.07, 6.45) is -0.202. The molecule has 0 amide bonds. The number of halogens is 1. The number of carbonyl (C=O) groups is 1. The highest BCUT2D eigenvalue weighted by Gasteiger charge is 2.11. The highest BCUT2D eigenvalue weighted by Crippen LogP contribution is 2.13. The van der Waals surface area contributed by atoms with Crippen LogP contribution in [0, 0.1) is 0 Å². The van der Waals surface area contributed by atoms with Crippen LogP contribution in [0.2, 0.25) is 0 Å². The Kier molecular flexibility index (Phi) is 4.98. The van der Waals surface area contributed by atoms with Gasteiger partial charge >= 0.3 is 5.97 Å². The predicted octanol–water partition coefficient (Wildman–Crippen LogP) is 2.19. The quantitative estimate of drug-likeness (QED) is 0.667. The van der Waals surface area contributed by atoms with E-state index >= 15 is 0 Å². The highest BCUT2D eigenvalue weighted by atomic mass is 35.5. The second-order valence-electron chi connectivity index (χ2n) is 3.86. The SMILES string of the molecule is CC(C)OC(=O)c1ccc(NS(=O)(=O)CCl)cc1. The molecule has 0 saturated heterocycles. The molecule has 1 rings (SSSR count). The minimum Gasteiger partial charge on any atom is -0.459 e. The number of ether oxygens (including phenoxy) is 1. The van der Waals surface area contributed by atoms with Crippen LogP contribution in [0.25, 0.3) is 0 Å². The minimum atomic E-state index is -3.53. The van der Waals surface area contributed by atoms with Crippen molar-refractivity contribution in [3.8, 4) is 0 Å². The largest absolute Gasteiger partial charge is 0.459 e. The summed E-state index contributed by atoms with van der Waals surface area (Å²) >= 11 is 5.26. The summed E-state index contributed by atoms with van der Waals surface area (Å²) in [5, 5.41) is -0.524. The number of esters is 1. The molecule has 0 aliphatic heterocycles. The zero-order chi connectivity index (χ0) is 13.8. The van der Waals surface area contributed by atoms with Crippen LogP contribution in [0.4, 0.5) is 5.69 Å². The predicted molar refractivity (Wildman–Crippen MR) is 70.3 cm³/mol. The van der Waals surface area contributed by atoms with Gasteiger partial charge in [0.2, 0.25) is 10.0 Å². The van der Waals surface area contributed by atoms with Crippen molar-refractivity contribution in [3.63, 3.8) is 0 Å². The standard InChI is InChI=1S/C11H14ClNO4S/c1-8(2)17-11(14)9-3-5-10(6-4-9)13-18(15,16)7-12/h3-6,8,13H,7H2,1-2H3. The van der Waals surface area contributed by atoms with Gasteiger partial charge in [-0.1, -0.05) is 0 Å². The molecule has 0 fully saturated rings. The van der Waals surface area contributed by atoms with Crippen LogP contribution < -0.4 is 4.72 Å². The first-order valence-electron chi connectivity index (χ1n) is 5.21. The molecule has 1 aromatic rings. The van der Waals surface area contributed by atoms with Crippen LogP contribution in [0.3, 0.4) is 0 Å². The molecule has 0 aliphatic carbocycles. The van der Waals surface area contributed by atoms with E-state index in [9.17, 15) is 13.2 Å².